The van der Waals surface area contributed by atoms with Crippen molar-refractivity contribution in [1.82, 2.24) is 10.2 Å². The van der Waals surface area contributed by atoms with Gasteiger partial charge in [-0.15, -0.1) is 0 Å². The van der Waals surface area contributed by atoms with Crippen molar-refractivity contribution < 1.29 is 9.53 Å². The maximum atomic E-state index is 12.6. The van der Waals surface area contributed by atoms with Crippen LogP contribution < -0.4 is 5.32 Å². The molecule has 3 aliphatic rings. The van der Waals surface area contributed by atoms with E-state index in [1.165, 1.54) is 0 Å². The lowest BCUT2D eigenvalue weighted by atomic mass is 9.77. The first-order valence-corrected chi connectivity index (χ1v) is 7.38. The van der Waals surface area contributed by atoms with Crippen molar-refractivity contribution in [3.63, 3.8) is 0 Å². The fourth-order valence-corrected chi connectivity index (χ4v) is 3.68. The molecule has 3 rings (SSSR count). The van der Waals surface area contributed by atoms with Crippen LogP contribution in [0.4, 0.5) is 0 Å². The summed E-state index contributed by atoms with van der Waals surface area (Å²) in [7, 11) is 0. The molecule has 0 bridgehead atoms. The number of carbonyl (C=O) groups excluding carboxylic acids is 1. The maximum Gasteiger partial charge on any atom is 0.228 e. The Labute approximate surface area is 109 Å². The average molecular weight is 252 g/mol. The summed E-state index contributed by atoms with van der Waals surface area (Å²) >= 11 is 0. The third-order valence-corrected chi connectivity index (χ3v) is 4.98. The van der Waals surface area contributed by atoms with Crippen LogP contribution in [0.2, 0.25) is 0 Å². The molecule has 0 aromatic carbocycles. The molecule has 0 unspecified atom stereocenters. The van der Waals surface area contributed by atoms with E-state index >= 15 is 0 Å². The Morgan fingerprint density at radius 1 is 1.22 bits per heavy atom. The largest absolute Gasteiger partial charge is 0.381 e. The Morgan fingerprint density at radius 3 is 2.67 bits per heavy atom. The van der Waals surface area contributed by atoms with Gasteiger partial charge in [0.15, 0.2) is 0 Å². The van der Waals surface area contributed by atoms with Gasteiger partial charge in [0, 0.05) is 26.3 Å². The SMILES string of the molecule is O=C1N(CC2CCOCC2)CCC12CCNCC2. The second kappa shape index (κ2) is 5.17. The van der Waals surface area contributed by atoms with Crippen LogP contribution in [0.5, 0.6) is 0 Å². The van der Waals surface area contributed by atoms with E-state index in [1.807, 2.05) is 0 Å². The molecule has 0 saturated carbocycles. The quantitative estimate of drug-likeness (QED) is 0.797. The highest BCUT2D eigenvalue weighted by Gasteiger charge is 2.47. The zero-order chi connectivity index (χ0) is 12.4. The summed E-state index contributed by atoms with van der Waals surface area (Å²) in [5.41, 5.74) is -0.00355. The van der Waals surface area contributed by atoms with E-state index < -0.39 is 0 Å². The summed E-state index contributed by atoms with van der Waals surface area (Å²) < 4.78 is 5.39. The van der Waals surface area contributed by atoms with Gasteiger partial charge in [-0.05, 0) is 51.1 Å². The maximum absolute atomic E-state index is 12.6. The topological polar surface area (TPSA) is 41.6 Å². The Balaban J connectivity index is 1.59. The van der Waals surface area contributed by atoms with Crippen LogP contribution in [-0.2, 0) is 9.53 Å². The predicted octanol–water partition coefficient (Wildman–Crippen LogP) is 1.02. The molecule has 4 nitrogen and oxygen atoms in total. The van der Waals surface area contributed by atoms with Gasteiger partial charge < -0.3 is 15.0 Å². The molecule has 4 heteroatoms. The number of nitrogens with zero attached hydrogens (tertiary/aromatic N) is 1. The van der Waals surface area contributed by atoms with Gasteiger partial charge in [0.25, 0.3) is 0 Å². The summed E-state index contributed by atoms with van der Waals surface area (Å²) in [6.45, 7) is 5.73. The molecule has 102 valence electrons. The van der Waals surface area contributed by atoms with Crippen molar-refractivity contribution >= 4 is 5.91 Å². The zero-order valence-corrected chi connectivity index (χ0v) is 11.1. The van der Waals surface area contributed by atoms with Crippen LogP contribution in [0, 0.1) is 11.3 Å². The van der Waals surface area contributed by atoms with Crippen molar-refractivity contribution in [1.29, 1.82) is 0 Å². The van der Waals surface area contributed by atoms with Gasteiger partial charge in [-0.1, -0.05) is 0 Å². The fraction of sp³-hybridized carbons (Fsp3) is 0.929. The predicted molar refractivity (Wildman–Crippen MR) is 69.3 cm³/mol. The number of hydrogen-bond acceptors (Lipinski definition) is 3. The number of nitrogens with one attached hydrogen (secondary N) is 1. The van der Waals surface area contributed by atoms with Crippen LogP contribution in [-0.4, -0.2) is 50.2 Å². The molecule has 0 radical (unpaired) electrons. The second-order valence-corrected chi connectivity index (χ2v) is 6.09. The lowest BCUT2D eigenvalue weighted by Crippen LogP contribution is -2.43. The first-order valence-electron chi connectivity index (χ1n) is 7.38. The molecule has 0 atom stereocenters. The highest BCUT2D eigenvalue weighted by Crippen LogP contribution is 2.40. The van der Waals surface area contributed by atoms with Crippen LogP contribution in [0.3, 0.4) is 0 Å². The van der Waals surface area contributed by atoms with Gasteiger partial charge in [-0.3, -0.25) is 4.79 Å². The number of likely N-dealkylation sites (tertiary alicyclic amines) is 1. The molecule has 3 aliphatic heterocycles. The Hall–Kier alpha value is -0.610. The summed E-state index contributed by atoms with van der Waals surface area (Å²) in [5.74, 6) is 1.11. The molecule has 0 aliphatic carbocycles. The summed E-state index contributed by atoms with van der Waals surface area (Å²) in [6, 6.07) is 0. The summed E-state index contributed by atoms with van der Waals surface area (Å²) in [5, 5.41) is 3.37. The standard InChI is InChI=1S/C14H24N2O2/c17-13-14(3-6-15-7-4-14)5-8-16(13)11-12-1-9-18-10-2-12/h12,15H,1-11H2. The number of ether oxygens (including phenoxy) is 1. The average Bonchev–Trinajstić information content (AvgIpc) is 2.71. The number of hydrogen-bond donors (Lipinski definition) is 1. The molecule has 1 amide bonds. The van der Waals surface area contributed by atoms with Crippen molar-refractivity contribution in [2.45, 2.75) is 32.1 Å². The summed E-state index contributed by atoms with van der Waals surface area (Å²) in [6.07, 6.45) is 5.40. The molecule has 1 spiro atoms. The van der Waals surface area contributed by atoms with Crippen molar-refractivity contribution in [3.8, 4) is 0 Å². The minimum Gasteiger partial charge on any atom is -0.381 e. The monoisotopic (exact) mass is 252 g/mol. The molecular weight excluding hydrogens is 228 g/mol. The van der Waals surface area contributed by atoms with Crippen LogP contribution in [0.1, 0.15) is 32.1 Å². The van der Waals surface area contributed by atoms with Crippen molar-refractivity contribution in [2.75, 3.05) is 39.4 Å². The van der Waals surface area contributed by atoms with E-state index in [-0.39, 0.29) is 5.41 Å². The fourth-order valence-electron chi connectivity index (χ4n) is 3.68. The van der Waals surface area contributed by atoms with Gasteiger partial charge in [0.1, 0.15) is 0 Å². The number of piperidine rings is 1. The molecule has 18 heavy (non-hydrogen) atoms. The highest BCUT2D eigenvalue weighted by molar-refractivity contribution is 5.85. The Kier molecular flexibility index (Phi) is 3.57. The van der Waals surface area contributed by atoms with Crippen LogP contribution in [0.25, 0.3) is 0 Å². The van der Waals surface area contributed by atoms with Gasteiger partial charge >= 0.3 is 0 Å². The molecule has 3 heterocycles. The summed E-state index contributed by atoms with van der Waals surface area (Å²) in [4.78, 5) is 14.8. The molecule has 0 aromatic heterocycles. The van der Waals surface area contributed by atoms with E-state index in [2.05, 4.69) is 10.2 Å². The highest BCUT2D eigenvalue weighted by atomic mass is 16.5. The molecule has 3 saturated heterocycles. The third-order valence-electron chi connectivity index (χ3n) is 4.98. The Morgan fingerprint density at radius 2 is 1.94 bits per heavy atom. The van der Waals surface area contributed by atoms with E-state index in [4.69, 9.17) is 4.74 Å². The minimum atomic E-state index is -0.00355. The van der Waals surface area contributed by atoms with Crippen molar-refractivity contribution in [3.05, 3.63) is 0 Å². The van der Waals surface area contributed by atoms with Gasteiger partial charge in [0.2, 0.25) is 5.91 Å². The van der Waals surface area contributed by atoms with E-state index in [0.29, 0.717) is 11.8 Å². The van der Waals surface area contributed by atoms with Gasteiger partial charge in [0.05, 0.1) is 5.41 Å². The molecule has 0 aromatic rings. The number of amides is 1. The lowest BCUT2D eigenvalue weighted by molar-refractivity contribution is -0.138. The smallest absolute Gasteiger partial charge is 0.228 e. The number of carbonyl (C=O) groups is 1. The Bertz CT molecular complexity index is 307. The van der Waals surface area contributed by atoms with Crippen LogP contribution in [0.15, 0.2) is 0 Å². The second-order valence-electron chi connectivity index (χ2n) is 6.09. The minimum absolute atomic E-state index is 0.00355. The number of rotatable bonds is 2. The first-order chi connectivity index (χ1) is 8.80. The van der Waals surface area contributed by atoms with E-state index in [1.54, 1.807) is 0 Å². The van der Waals surface area contributed by atoms with E-state index in [9.17, 15) is 4.79 Å². The lowest BCUT2D eigenvalue weighted by Gasteiger charge is -2.33. The third kappa shape index (κ3) is 2.28. The zero-order valence-electron chi connectivity index (χ0n) is 11.1. The van der Waals surface area contributed by atoms with Gasteiger partial charge in [-0.25, -0.2) is 0 Å². The normalized spacial score (nSPS) is 29.1. The molecular formula is C14H24N2O2. The van der Waals surface area contributed by atoms with E-state index in [0.717, 1.165) is 71.5 Å². The van der Waals surface area contributed by atoms with Crippen molar-refractivity contribution in [2.24, 2.45) is 11.3 Å². The molecule has 3 fully saturated rings. The van der Waals surface area contributed by atoms with Crippen LogP contribution >= 0.6 is 0 Å². The molecule has 1 N–H and O–H groups in total. The van der Waals surface area contributed by atoms with Gasteiger partial charge in [-0.2, -0.15) is 0 Å². The first kappa shape index (κ1) is 12.4.